The van der Waals surface area contributed by atoms with Crippen LogP contribution in [-0.2, 0) is 9.53 Å². The molecule has 0 amide bonds. The minimum atomic E-state index is 0.375. The van der Waals surface area contributed by atoms with E-state index < -0.39 is 0 Å². The number of H-pyrrole nitrogens is 1. The van der Waals surface area contributed by atoms with Gasteiger partial charge in [-0.2, -0.15) is 0 Å². The van der Waals surface area contributed by atoms with Gasteiger partial charge in [0, 0.05) is 12.4 Å². The number of carbonyl (C=O) groups excluding carboxylic acids is 1. The molecule has 0 spiro atoms. The number of nitrogens with one attached hydrogen (secondary N) is 1. The van der Waals surface area contributed by atoms with Crippen LogP contribution in [-0.4, -0.2) is 23.5 Å². The highest BCUT2D eigenvalue weighted by Crippen LogP contribution is 1.62. The second kappa shape index (κ2) is 6.68. The number of nitrogens with zero attached hydrogens (tertiary/aromatic N) is 1. The number of aromatic amines is 1. The first kappa shape index (κ1) is 7.68. The number of aromatic nitrogens is 2. The zero-order valence-electron chi connectivity index (χ0n) is 5.07. The highest BCUT2D eigenvalue weighted by Gasteiger charge is 1.56. The first-order valence-electron chi connectivity index (χ1n) is 2.31. The first-order valence-corrected chi connectivity index (χ1v) is 2.31. The Morgan fingerprint density at radius 1 is 1.78 bits per heavy atom. The molecule has 1 aromatic heterocycles. The third-order valence-corrected chi connectivity index (χ3v) is 0.502. The van der Waals surface area contributed by atoms with Crippen molar-refractivity contribution in [3.8, 4) is 0 Å². The van der Waals surface area contributed by atoms with E-state index in [-0.39, 0.29) is 0 Å². The summed E-state index contributed by atoms with van der Waals surface area (Å²) in [5.41, 5.74) is 0. The van der Waals surface area contributed by atoms with E-state index in [9.17, 15) is 0 Å². The lowest BCUT2D eigenvalue weighted by Crippen LogP contribution is -1.68. The van der Waals surface area contributed by atoms with Gasteiger partial charge in [-0.1, -0.05) is 0 Å². The lowest BCUT2D eigenvalue weighted by Gasteiger charge is -1.67. The number of imidazole rings is 1. The van der Waals surface area contributed by atoms with Crippen molar-refractivity contribution in [3.05, 3.63) is 18.7 Å². The molecule has 0 aliphatic rings. The topological polar surface area (TPSA) is 55.0 Å². The molecular formula is C5H8N2O2. The van der Waals surface area contributed by atoms with Crippen LogP contribution in [0, 0.1) is 0 Å². The van der Waals surface area contributed by atoms with E-state index in [0.29, 0.717) is 6.47 Å². The predicted molar refractivity (Wildman–Crippen MR) is 31.7 cm³/mol. The molecule has 0 aromatic carbocycles. The molecule has 0 saturated carbocycles. The van der Waals surface area contributed by atoms with E-state index in [1.54, 1.807) is 18.7 Å². The molecule has 50 valence electrons. The molecule has 1 rings (SSSR count). The van der Waals surface area contributed by atoms with Gasteiger partial charge in [0.05, 0.1) is 13.4 Å². The van der Waals surface area contributed by atoms with Gasteiger partial charge in [-0.3, -0.25) is 4.79 Å². The van der Waals surface area contributed by atoms with Gasteiger partial charge in [0.15, 0.2) is 0 Å². The summed E-state index contributed by atoms with van der Waals surface area (Å²) in [5.74, 6) is 0. The number of carbonyl (C=O) groups is 1. The molecule has 0 aliphatic carbocycles. The van der Waals surface area contributed by atoms with Gasteiger partial charge < -0.3 is 9.72 Å². The van der Waals surface area contributed by atoms with Gasteiger partial charge in [0.25, 0.3) is 6.47 Å². The van der Waals surface area contributed by atoms with E-state index in [0.717, 1.165) is 0 Å². The minimum Gasteiger partial charge on any atom is -0.471 e. The number of ether oxygens (including phenoxy) is 1. The number of hydrogen-bond acceptors (Lipinski definition) is 3. The Morgan fingerprint density at radius 3 is 2.56 bits per heavy atom. The van der Waals surface area contributed by atoms with Crippen LogP contribution in [0.2, 0.25) is 0 Å². The fourth-order valence-corrected chi connectivity index (χ4v) is 0.215. The zero-order chi connectivity index (χ0) is 6.95. The van der Waals surface area contributed by atoms with Crippen molar-refractivity contribution in [1.82, 2.24) is 9.97 Å². The molecule has 0 radical (unpaired) electrons. The molecule has 0 fully saturated rings. The largest absolute Gasteiger partial charge is 0.471 e. The second-order valence-electron chi connectivity index (χ2n) is 1.09. The summed E-state index contributed by atoms with van der Waals surface area (Å²) in [5, 5.41) is 0. The van der Waals surface area contributed by atoms with Crippen LogP contribution in [0.3, 0.4) is 0 Å². The molecular weight excluding hydrogens is 120 g/mol. The minimum absolute atomic E-state index is 0.375. The fraction of sp³-hybridized carbons (Fsp3) is 0.200. The third-order valence-electron chi connectivity index (χ3n) is 0.502. The quantitative estimate of drug-likeness (QED) is 0.549. The SMILES string of the molecule is COC=O.c1c[nH]cn1. The van der Waals surface area contributed by atoms with Gasteiger partial charge >= 0.3 is 0 Å². The molecule has 1 N–H and O–H groups in total. The second-order valence-corrected chi connectivity index (χ2v) is 1.09. The molecule has 4 heteroatoms. The highest BCUT2D eigenvalue weighted by atomic mass is 16.5. The Bertz CT molecular complexity index is 110. The molecule has 9 heavy (non-hydrogen) atoms. The van der Waals surface area contributed by atoms with Crippen molar-refractivity contribution < 1.29 is 9.53 Å². The van der Waals surface area contributed by atoms with Crippen molar-refractivity contribution in [2.45, 2.75) is 0 Å². The summed E-state index contributed by atoms with van der Waals surface area (Å²) in [4.78, 5) is 15.4. The molecule has 4 nitrogen and oxygen atoms in total. The van der Waals surface area contributed by atoms with Crippen molar-refractivity contribution >= 4 is 6.47 Å². The average Bonchev–Trinajstić information content (AvgIpc) is 2.43. The number of rotatable bonds is 1. The number of methoxy groups -OCH3 is 1. The van der Waals surface area contributed by atoms with Gasteiger partial charge in [0.1, 0.15) is 0 Å². The third kappa shape index (κ3) is 6.68. The fourth-order valence-electron chi connectivity index (χ4n) is 0.215. The molecule has 0 bridgehead atoms. The predicted octanol–water partition coefficient (Wildman–Crippen LogP) is 0.199. The van der Waals surface area contributed by atoms with Gasteiger partial charge in [0.2, 0.25) is 0 Å². The maximum Gasteiger partial charge on any atom is 0.292 e. The van der Waals surface area contributed by atoms with Gasteiger partial charge in [-0.15, -0.1) is 0 Å². The maximum atomic E-state index is 8.95. The van der Waals surface area contributed by atoms with Crippen LogP contribution in [0.15, 0.2) is 18.7 Å². The van der Waals surface area contributed by atoms with E-state index in [1.165, 1.54) is 7.11 Å². The van der Waals surface area contributed by atoms with Crippen LogP contribution in [0.5, 0.6) is 0 Å². The summed E-state index contributed by atoms with van der Waals surface area (Å²) in [6.45, 7) is 0.375. The maximum absolute atomic E-state index is 8.95. The first-order chi connectivity index (χ1) is 4.41. The van der Waals surface area contributed by atoms with E-state index in [1.807, 2.05) is 0 Å². The summed E-state index contributed by atoms with van der Waals surface area (Å²) in [6.07, 6.45) is 5.08. The lowest BCUT2D eigenvalue weighted by molar-refractivity contribution is -0.126. The van der Waals surface area contributed by atoms with E-state index >= 15 is 0 Å². The highest BCUT2D eigenvalue weighted by molar-refractivity contribution is 5.36. The zero-order valence-corrected chi connectivity index (χ0v) is 5.07. The summed E-state index contributed by atoms with van der Waals surface area (Å²) >= 11 is 0. The van der Waals surface area contributed by atoms with Gasteiger partial charge in [-0.05, 0) is 0 Å². The molecule has 1 aromatic rings. The molecule has 1 heterocycles. The Kier molecular flexibility index (Phi) is 5.70. The molecule has 0 saturated heterocycles. The average molecular weight is 128 g/mol. The summed E-state index contributed by atoms with van der Waals surface area (Å²) < 4.78 is 3.86. The van der Waals surface area contributed by atoms with Gasteiger partial charge in [-0.25, -0.2) is 4.98 Å². The van der Waals surface area contributed by atoms with Crippen LogP contribution >= 0.6 is 0 Å². The molecule has 0 unspecified atom stereocenters. The van der Waals surface area contributed by atoms with Crippen molar-refractivity contribution in [2.75, 3.05) is 7.11 Å². The van der Waals surface area contributed by atoms with Crippen LogP contribution in [0.25, 0.3) is 0 Å². The van der Waals surface area contributed by atoms with Crippen molar-refractivity contribution in [2.24, 2.45) is 0 Å². The Morgan fingerprint density at radius 2 is 2.44 bits per heavy atom. The summed E-state index contributed by atoms with van der Waals surface area (Å²) in [6, 6.07) is 0. The monoisotopic (exact) mass is 128 g/mol. The standard InChI is InChI=1S/C3H4N2.C2H4O2/c1-2-5-3-4-1;1-4-2-3/h1-3H,(H,4,5);2H,1H3. The van der Waals surface area contributed by atoms with E-state index in [2.05, 4.69) is 14.7 Å². The van der Waals surface area contributed by atoms with E-state index in [4.69, 9.17) is 4.79 Å². The van der Waals surface area contributed by atoms with Crippen LogP contribution < -0.4 is 0 Å². The van der Waals surface area contributed by atoms with Crippen LogP contribution in [0.4, 0.5) is 0 Å². The Labute approximate surface area is 52.9 Å². The summed E-state index contributed by atoms with van der Waals surface area (Å²) in [7, 11) is 1.31. The number of hydrogen-bond donors (Lipinski definition) is 1. The smallest absolute Gasteiger partial charge is 0.292 e. The Hall–Kier alpha value is -1.32. The normalized spacial score (nSPS) is 6.78. The lowest BCUT2D eigenvalue weighted by atomic mass is 11.0. The van der Waals surface area contributed by atoms with Crippen molar-refractivity contribution in [3.63, 3.8) is 0 Å². The Balaban J connectivity index is 0.000000148. The molecule has 0 aliphatic heterocycles. The van der Waals surface area contributed by atoms with Crippen LogP contribution in [0.1, 0.15) is 0 Å². The van der Waals surface area contributed by atoms with Crippen molar-refractivity contribution in [1.29, 1.82) is 0 Å². The molecule has 0 atom stereocenters.